The third-order valence-electron chi connectivity index (χ3n) is 7.08. The topological polar surface area (TPSA) is 42.9 Å². The van der Waals surface area contributed by atoms with Gasteiger partial charge in [-0.25, -0.2) is 9.97 Å². The molecule has 0 spiro atoms. The van der Waals surface area contributed by atoms with E-state index in [0.717, 1.165) is 38.9 Å². The third-order valence-corrected chi connectivity index (χ3v) is 7.08. The molecule has 6 aromatic rings. The first kappa shape index (κ1) is 22.1. The number of aromatic nitrogens is 2. The van der Waals surface area contributed by atoms with Gasteiger partial charge in [0.25, 0.3) is 0 Å². The molecule has 1 aliphatic carbocycles. The second-order valence-corrected chi connectivity index (χ2v) is 9.38. The van der Waals surface area contributed by atoms with Crippen molar-refractivity contribution in [2.75, 3.05) is 0 Å². The molecule has 0 atom stereocenters. The number of fused-ring (bicyclic) bond motifs is 3. The van der Waals surface area contributed by atoms with Gasteiger partial charge in [-0.3, -0.25) is 4.79 Å². The molecular weight excluding hydrogens is 464 g/mol. The molecule has 1 heterocycles. The van der Waals surface area contributed by atoms with Crippen LogP contribution in [0.25, 0.3) is 56.2 Å². The quantitative estimate of drug-likeness (QED) is 0.251. The standard InChI is InChI=1S/C35H22N2O/c38-34-30-14-8-7-13-29(30)33-31(34)32(27-19-15-25(16-20-27)23-9-3-1-4-10-23)36-35(37-33)28-21-17-26(18-22-28)24-11-5-2-6-12-24/h1-22H. The SMILES string of the molecule is O=C1c2ccccc2-c2nc(-c3ccc(-c4ccccc4)cc3)nc(-c3ccc(-c4ccccc4)cc3)c21. The largest absolute Gasteiger partial charge is 0.288 e. The van der Waals surface area contributed by atoms with E-state index in [-0.39, 0.29) is 5.78 Å². The summed E-state index contributed by atoms with van der Waals surface area (Å²) in [6.45, 7) is 0. The van der Waals surface area contributed by atoms with Crippen LogP contribution in [0.3, 0.4) is 0 Å². The van der Waals surface area contributed by atoms with Gasteiger partial charge in [-0.05, 0) is 22.3 Å². The molecule has 38 heavy (non-hydrogen) atoms. The molecule has 178 valence electrons. The number of rotatable bonds is 4. The van der Waals surface area contributed by atoms with Crippen molar-refractivity contribution < 1.29 is 4.79 Å². The highest BCUT2D eigenvalue weighted by Crippen LogP contribution is 2.41. The summed E-state index contributed by atoms with van der Waals surface area (Å²) in [6, 6.07) is 44.8. The van der Waals surface area contributed by atoms with E-state index >= 15 is 0 Å². The monoisotopic (exact) mass is 486 g/mol. The summed E-state index contributed by atoms with van der Waals surface area (Å²) in [7, 11) is 0. The van der Waals surface area contributed by atoms with E-state index in [9.17, 15) is 4.79 Å². The summed E-state index contributed by atoms with van der Waals surface area (Å²) < 4.78 is 0. The first-order chi connectivity index (χ1) is 18.8. The fourth-order valence-electron chi connectivity index (χ4n) is 5.12. The second-order valence-electron chi connectivity index (χ2n) is 9.38. The maximum Gasteiger partial charge on any atom is 0.198 e. The zero-order valence-corrected chi connectivity index (χ0v) is 20.5. The number of nitrogens with zero attached hydrogens (tertiary/aromatic N) is 2. The second kappa shape index (κ2) is 9.06. The van der Waals surface area contributed by atoms with Gasteiger partial charge < -0.3 is 0 Å². The maximum atomic E-state index is 13.5. The Morgan fingerprint density at radius 3 is 1.37 bits per heavy atom. The van der Waals surface area contributed by atoms with E-state index < -0.39 is 0 Å². The molecule has 0 radical (unpaired) electrons. The minimum Gasteiger partial charge on any atom is -0.288 e. The van der Waals surface area contributed by atoms with Crippen LogP contribution in [0.1, 0.15) is 15.9 Å². The van der Waals surface area contributed by atoms with E-state index in [1.807, 2.05) is 72.8 Å². The van der Waals surface area contributed by atoms with E-state index in [1.54, 1.807) is 0 Å². The Hall–Kier alpha value is -5.15. The summed E-state index contributed by atoms with van der Waals surface area (Å²) in [6.07, 6.45) is 0. The molecular formula is C35H22N2O. The molecule has 0 amide bonds. The van der Waals surface area contributed by atoms with Crippen molar-refractivity contribution in [3.05, 3.63) is 145 Å². The van der Waals surface area contributed by atoms with E-state index in [0.29, 0.717) is 28.3 Å². The lowest BCUT2D eigenvalue weighted by atomic mass is 9.99. The van der Waals surface area contributed by atoms with E-state index in [2.05, 4.69) is 60.7 Å². The molecule has 0 N–H and O–H groups in total. The van der Waals surface area contributed by atoms with Gasteiger partial charge in [-0.1, -0.05) is 133 Å². The van der Waals surface area contributed by atoms with Gasteiger partial charge in [-0.15, -0.1) is 0 Å². The fourth-order valence-corrected chi connectivity index (χ4v) is 5.12. The highest BCUT2D eigenvalue weighted by atomic mass is 16.1. The van der Waals surface area contributed by atoms with Gasteiger partial charge >= 0.3 is 0 Å². The van der Waals surface area contributed by atoms with Crippen molar-refractivity contribution in [2.24, 2.45) is 0 Å². The van der Waals surface area contributed by atoms with Crippen LogP contribution < -0.4 is 0 Å². The number of carbonyl (C=O) groups is 1. The van der Waals surface area contributed by atoms with Crippen LogP contribution in [0.15, 0.2) is 133 Å². The molecule has 0 saturated carbocycles. The van der Waals surface area contributed by atoms with E-state index in [4.69, 9.17) is 9.97 Å². The molecule has 7 rings (SSSR count). The molecule has 3 nitrogen and oxygen atoms in total. The van der Waals surface area contributed by atoms with Crippen LogP contribution in [0.2, 0.25) is 0 Å². The van der Waals surface area contributed by atoms with Crippen molar-refractivity contribution in [2.45, 2.75) is 0 Å². The van der Waals surface area contributed by atoms with E-state index in [1.165, 1.54) is 0 Å². The summed E-state index contributed by atoms with van der Waals surface area (Å²) in [5.41, 5.74) is 9.83. The summed E-state index contributed by atoms with van der Waals surface area (Å²) in [5, 5.41) is 0. The highest BCUT2D eigenvalue weighted by molar-refractivity contribution is 6.23. The van der Waals surface area contributed by atoms with Crippen LogP contribution >= 0.6 is 0 Å². The molecule has 0 saturated heterocycles. The molecule has 0 aliphatic heterocycles. The molecule has 0 unspecified atom stereocenters. The lowest BCUT2D eigenvalue weighted by Gasteiger charge is -2.12. The molecule has 3 heteroatoms. The van der Waals surface area contributed by atoms with Crippen molar-refractivity contribution in [1.82, 2.24) is 9.97 Å². The molecule has 0 fully saturated rings. The molecule has 0 bridgehead atoms. The third kappa shape index (κ3) is 3.73. The molecule has 1 aliphatic rings. The van der Waals surface area contributed by atoms with Crippen LogP contribution in [-0.4, -0.2) is 15.8 Å². The number of ketones is 1. The number of carbonyl (C=O) groups excluding carboxylic acids is 1. The minimum atomic E-state index is -0.0243. The van der Waals surface area contributed by atoms with Crippen molar-refractivity contribution in [3.8, 4) is 56.2 Å². The first-order valence-corrected chi connectivity index (χ1v) is 12.6. The number of benzene rings is 5. The number of hydrogen-bond donors (Lipinski definition) is 0. The average Bonchev–Trinajstić information content (AvgIpc) is 3.29. The Kier molecular flexibility index (Phi) is 5.26. The highest BCUT2D eigenvalue weighted by Gasteiger charge is 2.32. The summed E-state index contributed by atoms with van der Waals surface area (Å²) >= 11 is 0. The fraction of sp³-hybridized carbons (Fsp3) is 0. The normalized spacial score (nSPS) is 11.7. The smallest absolute Gasteiger partial charge is 0.198 e. The summed E-state index contributed by atoms with van der Waals surface area (Å²) in [5.74, 6) is 0.582. The number of hydrogen-bond acceptors (Lipinski definition) is 3. The Bertz CT molecular complexity index is 1790. The van der Waals surface area contributed by atoms with Crippen molar-refractivity contribution in [3.63, 3.8) is 0 Å². The van der Waals surface area contributed by atoms with Crippen LogP contribution in [0.5, 0.6) is 0 Å². The maximum absolute atomic E-state index is 13.5. The van der Waals surface area contributed by atoms with Gasteiger partial charge in [0.15, 0.2) is 11.6 Å². The Balaban J connectivity index is 1.37. The minimum absolute atomic E-state index is 0.0243. The Morgan fingerprint density at radius 2 is 0.789 bits per heavy atom. The van der Waals surface area contributed by atoms with Gasteiger partial charge in [0.05, 0.1) is 17.0 Å². The van der Waals surface area contributed by atoms with Crippen LogP contribution in [-0.2, 0) is 0 Å². The lowest BCUT2D eigenvalue weighted by Crippen LogP contribution is -2.03. The predicted molar refractivity (Wildman–Crippen MR) is 153 cm³/mol. The average molecular weight is 487 g/mol. The van der Waals surface area contributed by atoms with Crippen molar-refractivity contribution >= 4 is 5.78 Å². The van der Waals surface area contributed by atoms with Gasteiger partial charge in [0.1, 0.15) is 0 Å². The zero-order valence-electron chi connectivity index (χ0n) is 20.5. The van der Waals surface area contributed by atoms with Crippen LogP contribution in [0.4, 0.5) is 0 Å². The first-order valence-electron chi connectivity index (χ1n) is 12.6. The lowest BCUT2D eigenvalue weighted by molar-refractivity contribution is 0.104. The molecule has 1 aromatic heterocycles. The van der Waals surface area contributed by atoms with Crippen molar-refractivity contribution in [1.29, 1.82) is 0 Å². The molecule has 5 aromatic carbocycles. The predicted octanol–water partition coefficient (Wildman–Crippen LogP) is 8.36. The van der Waals surface area contributed by atoms with Crippen LogP contribution in [0, 0.1) is 0 Å². The Labute approximate surface area is 221 Å². The van der Waals surface area contributed by atoms with Gasteiger partial charge in [-0.2, -0.15) is 0 Å². The zero-order chi connectivity index (χ0) is 25.5. The Morgan fingerprint density at radius 1 is 0.368 bits per heavy atom. The van der Waals surface area contributed by atoms with Gasteiger partial charge in [0.2, 0.25) is 0 Å². The summed E-state index contributed by atoms with van der Waals surface area (Å²) in [4.78, 5) is 23.5. The van der Waals surface area contributed by atoms with Gasteiger partial charge in [0, 0.05) is 22.3 Å².